The maximum absolute atomic E-state index is 14.8. The van der Waals surface area contributed by atoms with E-state index >= 15 is 0 Å². The number of benzene rings is 3. The summed E-state index contributed by atoms with van der Waals surface area (Å²) in [6.45, 7) is 9.34. The monoisotopic (exact) mass is 724 g/mol. The van der Waals surface area contributed by atoms with Crippen LogP contribution in [0.1, 0.15) is 64.2 Å². The molecule has 9 atom stereocenters. The molecule has 5 rings (SSSR count). The van der Waals surface area contributed by atoms with Crippen molar-refractivity contribution in [2.24, 2.45) is 39.4 Å². The number of alkyl carbamates (subject to hydrolysis) is 1. The number of aliphatic hydroxyl groups excluding tert-OH is 3. The molecule has 0 saturated heterocycles. The minimum absolute atomic E-state index is 0.0221. The van der Waals surface area contributed by atoms with Crippen LogP contribution >= 0.6 is 0 Å². The van der Waals surface area contributed by atoms with Gasteiger partial charge < -0.3 is 31.1 Å². The molecule has 2 aliphatic heterocycles. The zero-order valence-corrected chi connectivity index (χ0v) is 31.5. The summed E-state index contributed by atoms with van der Waals surface area (Å²) in [6, 6.07) is 28.0. The van der Waals surface area contributed by atoms with Crippen LogP contribution in [0, 0.1) is 23.7 Å². The Kier molecular flexibility index (Phi) is 12.7. The number of amides is 1. The number of rotatable bonds is 15. The lowest BCUT2D eigenvalue weighted by molar-refractivity contribution is -0.130. The van der Waals surface area contributed by atoms with E-state index in [1.807, 2.05) is 105 Å². The molecule has 0 radical (unpaired) electrons. The van der Waals surface area contributed by atoms with Gasteiger partial charge >= 0.3 is 6.09 Å². The first-order chi connectivity index (χ1) is 25.1. The summed E-state index contributed by atoms with van der Waals surface area (Å²) in [4.78, 5) is 37.8. The van der Waals surface area contributed by atoms with E-state index in [2.05, 4.69) is 5.32 Å². The minimum Gasteiger partial charge on any atom is -0.444 e. The number of nitrogens with one attached hydrogen (secondary N) is 1. The molecule has 2 unspecified atom stereocenters. The first-order valence-electron chi connectivity index (χ1n) is 18.7. The number of ether oxygens (including phenoxy) is 1. The molecule has 1 amide bonds. The van der Waals surface area contributed by atoms with Crippen molar-refractivity contribution in [3.05, 3.63) is 108 Å². The van der Waals surface area contributed by atoms with Gasteiger partial charge in [0, 0.05) is 31.2 Å². The van der Waals surface area contributed by atoms with Crippen molar-refractivity contribution >= 4 is 24.3 Å². The molecule has 10 nitrogen and oxygen atoms in total. The van der Waals surface area contributed by atoms with E-state index in [-0.39, 0.29) is 24.5 Å². The molecule has 0 fully saturated rings. The van der Waals surface area contributed by atoms with E-state index in [4.69, 9.17) is 20.5 Å². The van der Waals surface area contributed by atoms with Crippen LogP contribution in [0.3, 0.4) is 0 Å². The largest absolute Gasteiger partial charge is 0.444 e. The van der Waals surface area contributed by atoms with Gasteiger partial charge in [-0.2, -0.15) is 0 Å². The number of nitrogens with two attached hydrogens (primary N) is 1. The molecule has 284 valence electrons. The van der Waals surface area contributed by atoms with Crippen molar-refractivity contribution in [3.8, 4) is 0 Å². The Morgan fingerprint density at radius 2 is 1.40 bits per heavy atom. The van der Waals surface area contributed by atoms with Gasteiger partial charge in [-0.3, -0.25) is 14.8 Å². The van der Waals surface area contributed by atoms with Crippen LogP contribution in [0.4, 0.5) is 4.79 Å². The first kappa shape index (κ1) is 40.0. The molecular formula is C43H56N4O6. The van der Waals surface area contributed by atoms with Crippen molar-refractivity contribution < 1.29 is 29.6 Å². The van der Waals surface area contributed by atoms with Crippen LogP contribution in [0.25, 0.3) is 0 Å². The normalized spacial score (nSPS) is 26.4. The number of nitrogens with zero attached hydrogens (tertiary/aromatic N) is 2. The summed E-state index contributed by atoms with van der Waals surface area (Å²) < 4.78 is 5.58. The Labute approximate surface area is 313 Å². The molecule has 0 spiro atoms. The van der Waals surface area contributed by atoms with Crippen LogP contribution in [0.5, 0.6) is 0 Å². The highest BCUT2D eigenvalue weighted by molar-refractivity contribution is 6.08. The molecule has 53 heavy (non-hydrogen) atoms. The second-order valence-electron chi connectivity index (χ2n) is 16.3. The third-order valence-electron chi connectivity index (χ3n) is 10.4. The average Bonchev–Trinajstić information content (AvgIpc) is 3.58. The molecule has 10 heteroatoms. The number of carbonyl (C=O) groups excluding carboxylic acids is 2. The van der Waals surface area contributed by atoms with Gasteiger partial charge in [0.1, 0.15) is 17.4 Å². The van der Waals surface area contributed by atoms with Gasteiger partial charge in [-0.1, -0.05) is 105 Å². The molecule has 3 aromatic carbocycles. The Balaban J connectivity index is 1.49. The quantitative estimate of drug-likeness (QED) is 0.136. The minimum atomic E-state index is -1.37. The van der Waals surface area contributed by atoms with E-state index in [1.165, 1.54) is 0 Å². The van der Waals surface area contributed by atoms with Crippen molar-refractivity contribution in [3.63, 3.8) is 0 Å². The molecule has 0 aromatic heterocycles. The van der Waals surface area contributed by atoms with E-state index in [9.17, 15) is 24.9 Å². The highest BCUT2D eigenvalue weighted by atomic mass is 16.6. The fourth-order valence-corrected chi connectivity index (χ4v) is 8.01. The van der Waals surface area contributed by atoms with E-state index in [0.717, 1.165) is 16.7 Å². The van der Waals surface area contributed by atoms with Crippen LogP contribution in [0.15, 0.2) is 101 Å². The number of hydrogen-bond donors (Lipinski definition) is 5. The van der Waals surface area contributed by atoms with Crippen molar-refractivity contribution in [1.29, 1.82) is 0 Å². The highest BCUT2D eigenvalue weighted by Gasteiger charge is 2.60. The van der Waals surface area contributed by atoms with Gasteiger partial charge in [0.05, 0.1) is 35.6 Å². The lowest BCUT2D eigenvalue weighted by Gasteiger charge is -2.41. The van der Waals surface area contributed by atoms with Crippen LogP contribution in [-0.2, 0) is 28.8 Å². The number of carbonyl (C=O) groups is 2. The maximum Gasteiger partial charge on any atom is 0.407 e. The highest BCUT2D eigenvalue weighted by Crippen LogP contribution is 2.47. The number of aliphatic hydroxyl groups is 3. The molecule has 0 bridgehead atoms. The molecule has 0 saturated carbocycles. The van der Waals surface area contributed by atoms with Gasteiger partial charge in [0.25, 0.3) is 0 Å². The van der Waals surface area contributed by atoms with Gasteiger partial charge in [0.15, 0.2) is 5.78 Å². The Morgan fingerprint density at radius 1 is 0.849 bits per heavy atom. The van der Waals surface area contributed by atoms with E-state index in [0.29, 0.717) is 19.3 Å². The van der Waals surface area contributed by atoms with E-state index < -0.39 is 65.0 Å². The lowest BCUT2D eigenvalue weighted by atomic mass is 9.66. The third-order valence-corrected chi connectivity index (χ3v) is 10.4. The maximum atomic E-state index is 14.8. The van der Waals surface area contributed by atoms with Crippen molar-refractivity contribution in [1.82, 2.24) is 5.32 Å². The van der Waals surface area contributed by atoms with Crippen LogP contribution in [-0.4, -0.2) is 80.8 Å². The predicted molar refractivity (Wildman–Crippen MR) is 208 cm³/mol. The smallest absolute Gasteiger partial charge is 0.407 e. The first-order valence-corrected chi connectivity index (χ1v) is 18.7. The second-order valence-corrected chi connectivity index (χ2v) is 16.3. The van der Waals surface area contributed by atoms with Gasteiger partial charge in [-0.15, -0.1) is 0 Å². The number of ketones is 1. The van der Waals surface area contributed by atoms with Crippen molar-refractivity contribution in [2.45, 2.75) is 108 Å². The molecule has 6 N–H and O–H groups in total. The molecule has 3 aromatic rings. The Bertz CT molecular complexity index is 1710. The third kappa shape index (κ3) is 9.67. The SMILES string of the molecule is CC(C)C[C@@]1(C2C=N[C@@](Cc3ccccc3)(C[C@H](O)[C@H](Cc3ccccc3)NC(=O)OC(C)(C)C)[C@@H]2O)N=CC([C@@H](Cc2ccccc2)[C@@H](N)O)C1=O. The second kappa shape index (κ2) is 16.8. The standard InChI is InChI=1S/C43H56N4O6/c1-28(2)23-43(37(49)33(26-46-43)32(39(44)51)21-29-15-9-6-10-16-29)34-27-45-42(38(34)50,24-31-19-13-8-14-20-31)25-36(48)35(22-30-17-11-7-12-18-30)47-40(52)53-41(3,4)5/h6-20,26-28,32-36,38-39,48,50-51H,21-25,44H2,1-5H3,(H,47,52)/t32-,33?,34?,35+,36+,38-,39+,42+,43+/m1/s1. The summed E-state index contributed by atoms with van der Waals surface area (Å²) >= 11 is 0. The Hall–Kier alpha value is -4.22. The summed E-state index contributed by atoms with van der Waals surface area (Å²) in [5.41, 5.74) is 5.47. The number of hydrogen-bond acceptors (Lipinski definition) is 9. The topological polar surface area (TPSA) is 167 Å². The average molecular weight is 725 g/mol. The molecule has 0 aliphatic carbocycles. The van der Waals surface area contributed by atoms with Crippen LogP contribution < -0.4 is 11.1 Å². The zero-order chi connectivity index (χ0) is 38.4. The zero-order valence-electron chi connectivity index (χ0n) is 31.5. The van der Waals surface area contributed by atoms with E-state index in [1.54, 1.807) is 33.2 Å². The number of aliphatic imine (C=N–C) groups is 2. The molecular weight excluding hydrogens is 668 g/mol. The summed E-state index contributed by atoms with van der Waals surface area (Å²) in [7, 11) is 0. The predicted octanol–water partition coefficient (Wildman–Crippen LogP) is 5.11. The van der Waals surface area contributed by atoms with Gasteiger partial charge in [0.2, 0.25) is 0 Å². The molecule has 2 heterocycles. The number of Topliss-reactive ketones (excluding diaryl/α,β-unsaturated/α-hetero) is 1. The van der Waals surface area contributed by atoms with Crippen molar-refractivity contribution in [2.75, 3.05) is 0 Å². The summed E-state index contributed by atoms with van der Waals surface area (Å²) in [6.07, 6.45) is 0.173. The van der Waals surface area contributed by atoms with Crippen LogP contribution in [0.2, 0.25) is 0 Å². The lowest BCUT2D eigenvalue weighted by Crippen LogP contribution is -2.57. The van der Waals surface area contributed by atoms with Gasteiger partial charge in [-0.25, -0.2) is 4.79 Å². The fraction of sp³-hybridized carbons (Fsp3) is 0.488. The Morgan fingerprint density at radius 3 is 1.92 bits per heavy atom. The fourth-order valence-electron chi connectivity index (χ4n) is 8.01. The summed E-state index contributed by atoms with van der Waals surface area (Å²) in [5, 5.41) is 38.3. The summed E-state index contributed by atoms with van der Waals surface area (Å²) in [5.74, 6) is -2.43. The van der Waals surface area contributed by atoms with Gasteiger partial charge in [-0.05, 0) is 62.6 Å². The molecule has 2 aliphatic rings.